The highest BCUT2D eigenvalue weighted by molar-refractivity contribution is 7.13. The summed E-state index contributed by atoms with van der Waals surface area (Å²) in [5.41, 5.74) is 1.93. The van der Waals surface area contributed by atoms with Crippen molar-refractivity contribution < 1.29 is 4.79 Å². The van der Waals surface area contributed by atoms with E-state index in [-0.39, 0.29) is 5.91 Å². The van der Waals surface area contributed by atoms with Gasteiger partial charge in [-0.2, -0.15) is 0 Å². The predicted octanol–water partition coefficient (Wildman–Crippen LogP) is 3.20. The summed E-state index contributed by atoms with van der Waals surface area (Å²) in [5, 5.41) is 5.94. The van der Waals surface area contributed by atoms with Gasteiger partial charge in [0.2, 0.25) is 5.91 Å². The summed E-state index contributed by atoms with van der Waals surface area (Å²) in [6.45, 7) is 9.10. The average molecular weight is 331 g/mol. The number of hydrogen-bond acceptors (Lipinski definition) is 4. The molecule has 124 valence electrons. The van der Waals surface area contributed by atoms with Gasteiger partial charge in [-0.1, -0.05) is 44.2 Å². The number of thiazole rings is 1. The van der Waals surface area contributed by atoms with Crippen LogP contribution in [0.25, 0.3) is 10.6 Å². The van der Waals surface area contributed by atoms with Crippen LogP contribution in [0.4, 0.5) is 0 Å². The lowest BCUT2D eigenvalue weighted by atomic mass is 10.2. The molecule has 1 heterocycles. The van der Waals surface area contributed by atoms with E-state index in [2.05, 4.69) is 36.0 Å². The summed E-state index contributed by atoms with van der Waals surface area (Å²) in [7, 11) is 0. The van der Waals surface area contributed by atoms with Crippen LogP contribution < -0.4 is 5.32 Å². The Labute approximate surface area is 142 Å². The molecule has 0 saturated carbocycles. The van der Waals surface area contributed by atoms with E-state index in [4.69, 9.17) is 0 Å². The Bertz CT molecular complexity index is 608. The first-order chi connectivity index (χ1) is 11.1. The van der Waals surface area contributed by atoms with Gasteiger partial charge in [-0.3, -0.25) is 9.69 Å². The van der Waals surface area contributed by atoms with Gasteiger partial charge in [-0.15, -0.1) is 11.3 Å². The molecule has 1 N–H and O–H groups in total. The number of amides is 1. The molecule has 0 radical (unpaired) electrons. The Morgan fingerprint density at radius 3 is 2.61 bits per heavy atom. The second kappa shape index (κ2) is 8.79. The third kappa shape index (κ3) is 5.15. The molecule has 0 saturated heterocycles. The molecule has 1 aromatic heterocycles. The van der Waals surface area contributed by atoms with Crippen LogP contribution in [-0.4, -0.2) is 41.5 Å². The minimum absolute atomic E-state index is 0.0360. The summed E-state index contributed by atoms with van der Waals surface area (Å²) in [6.07, 6.45) is 0.342. The number of nitrogens with one attached hydrogen (secondary N) is 1. The first-order valence-corrected chi connectivity index (χ1v) is 9.02. The zero-order chi connectivity index (χ0) is 16.7. The van der Waals surface area contributed by atoms with Crippen molar-refractivity contribution in [2.75, 3.05) is 19.6 Å². The first-order valence-electron chi connectivity index (χ1n) is 8.14. The maximum atomic E-state index is 12.1. The van der Waals surface area contributed by atoms with Crippen molar-refractivity contribution >= 4 is 17.2 Å². The SMILES string of the molecule is CCN(CC)C(C)CNC(=O)Cc1csc(-c2ccccc2)n1. The van der Waals surface area contributed by atoms with Crippen molar-refractivity contribution in [1.82, 2.24) is 15.2 Å². The van der Waals surface area contributed by atoms with Crippen molar-refractivity contribution in [3.05, 3.63) is 41.4 Å². The highest BCUT2D eigenvalue weighted by Gasteiger charge is 2.13. The van der Waals surface area contributed by atoms with Gasteiger partial charge in [0, 0.05) is 23.5 Å². The zero-order valence-corrected chi connectivity index (χ0v) is 14.9. The summed E-state index contributed by atoms with van der Waals surface area (Å²) in [6, 6.07) is 10.4. The molecule has 0 spiro atoms. The third-order valence-corrected chi connectivity index (χ3v) is 4.88. The molecule has 0 aliphatic rings. The van der Waals surface area contributed by atoms with Crippen molar-refractivity contribution in [3.8, 4) is 10.6 Å². The predicted molar refractivity (Wildman–Crippen MR) is 96.6 cm³/mol. The lowest BCUT2D eigenvalue weighted by Gasteiger charge is -2.26. The summed E-state index contributed by atoms with van der Waals surface area (Å²) >= 11 is 1.58. The third-order valence-electron chi connectivity index (χ3n) is 3.94. The lowest BCUT2D eigenvalue weighted by Crippen LogP contribution is -2.42. The van der Waals surface area contributed by atoms with Crippen molar-refractivity contribution in [2.24, 2.45) is 0 Å². The molecule has 1 aromatic carbocycles. The van der Waals surface area contributed by atoms with Crippen LogP contribution in [0.15, 0.2) is 35.7 Å². The van der Waals surface area contributed by atoms with Crippen LogP contribution in [0.3, 0.4) is 0 Å². The average Bonchev–Trinajstić information content (AvgIpc) is 3.03. The maximum Gasteiger partial charge on any atom is 0.226 e. The zero-order valence-electron chi connectivity index (χ0n) is 14.1. The van der Waals surface area contributed by atoms with E-state index in [0.29, 0.717) is 19.0 Å². The van der Waals surface area contributed by atoms with E-state index < -0.39 is 0 Å². The molecule has 23 heavy (non-hydrogen) atoms. The molecule has 4 nitrogen and oxygen atoms in total. The number of rotatable bonds is 8. The van der Waals surface area contributed by atoms with Crippen LogP contribution in [0.1, 0.15) is 26.5 Å². The van der Waals surface area contributed by atoms with Crippen molar-refractivity contribution in [1.29, 1.82) is 0 Å². The van der Waals surface area contributed by atoms with Gasteiger partial charge in [-0.05, 0) is 20.0 Å². The molecular weight excluding hydrogens is 306 g/mol. The molecule has 2 rings (SSSR count). The molecule has 1 amide bonds. The molecule has 0 aliphatic heterocycles. The molecule has 5 heteroatoms. The number of carbonyl (C=O) groups is 1. The van der Waals surface area contributed by atoms with Gasteiger partial charge in [0.15, 0.2) is 0 Å². The Kier molecular flexibility index (Phi) is 6.74. The highest BCUT2D eigenvalue weighted by Crippen LogP contribution is 2.23. The lowest BCUT2D eigenvalue weighted by molar-refractivity contribution is -0.120. The van der Waals surface area contributed by atoms with E-state index in [1.54, 1.807) is 11.3 Å². The fraction of sp³-hybridized carbons (Fsp3) is 0.444. The van der Waals surface area contributed by atoms with Crippen molar-refractivity contribution in [2.45, 2.75) is 33.2 Å². The minimum Gasteiger partial charge on any atom is -0.354 e. The summed E-state index contributed by atoms with van der Waals surface area (Å²) < 4.78 is 0. The van der Waals surface area contributed by atoms with E-state index in [1.807, 2.05) is 35.7 Å². The smallest absolute Gasteiger partial charge is 0.226 e. The molecule has 1 unspecified atom stereocenters. The van der Waals surface area contributed by atoms with E-state index >= 15 is 0 Å². The Hall–Kier alpha value is -1.72. The summed E-state index contributed by atoms with van der Waals surface area (Å²) in [5.74, 6) is 0.0360. The number of benzene rings is 1. The quantitative estimate of drug-likeness (QED) is 0.808. The number of nitrogens with zero attached hydrogens (tertiary/aromatic N) is 2. The van der Waals surface area contributed by atoms with Gasteiger partial charge < -0.3 is 5.32 Å². The number of likely N-dealkylation sites (N-methyl/N-ethyl adjacent to an activating group) is 1. The Morgan fingerprint density at radius 1 is 1.26 bits per heavy atom. The molecule has 0 fully saturated rings. The van der Waals surface area contributed by atoms with Gasteiger partial charge in [0.25, 0.3) is 0 Å². The minimum atomic E-state index is 0.0360. The fourth-order valence-electron chi connectivity index (χ4n) is 2.57. The Morgan fingerprint density at radius 2 is 1.96 bits per heavy atom. The van der Waals surface area contributed by atoms with Crippen molar-refractivity contribution in [3.63, 3.8) is 0 Å². The molecular formula is C18H25N3OS. The van der Waals surface area contributed by atoms with Crippen LogP contribution >= 0.6 is 11.3 Å². The van der Waals surface area contributed by atoms with Gasteiger partial charge in [0.1, 0.15) is 5.01 Å². The number of aromatic nitrogens is 1. The van der Waals surface area contributed by atoms with Gasteiger partial charge in [-0.25, -0.2) is 4.98 Å². The van der Waals surface area contributed by atoms with Crippen LogP contribution in [0.2, 0.25) is 0 Å². The fourth-order valence-corrected chi connectivity index (χ4v) is 3.39. The second-order valence-electron chi connectivity index (χ2n) is 5.56. The van der Waals surface area contributed by atoms with Gasteiger partial charge in [0.05, 0.1) is 12.1 Å². The number of hydrogen-bond donors (Lipinski definition) is 1. The molecule has 0 bridgehead atoms. The maximum absolute atomic E-state index is 12.1. The summed E-state index contributed by atoms with van der Waals surface area (Å²) in [4.78, 5) is 19.0. The largest absolute Gasteiger partial charge is 0.354 e. The topological polar surface area (TPSA) is 45.2 Å². The Balaban J connectivity index is 1.85. The molecule has 1 atom stereocenters. The van der Waals surface area contributed by atoms with Crippen LogP contribution in [-0.2, 0) is 11.2 Å². The van der Waals surface area contributed by atoms with Crippen LogP contribution in [0, 0.1) is 0 Å². The monoisotopic (exact) mass is 331 g/mol. The molecule has 0 aliphatic carbocycles. The second-order valence-corrected chi connectivity index (χ2v) is 6.42. The standard InChI is InChI=1S/C18H25N3OS/c1-4-21(5-2)14(3)12-19-17(22)11-16-13-23-18(20-16)15-9-7-6-8-10-15/h6-10,13-14H,4-5,11-12H2,1-3H3,(H,19,22). The van der Waals surface area contributed by atoms with Gasteiger partial charge >= 0.3 is 0 Å². The first kappa shape index (κ1) is 17.6. The number of carbonyl (C=O) groups excluding carboxylic acids is 1. The van der Waals surface area contributed by atoms with E-state index in [9.17, 15) is 4.79 Å². The highest BCUT2D eigenvalue weighted by atomic mass is 32.1. The van der Waals surface area contributed by atoms with E-state index in [1.165, 1.54) is 0 Å². The van der Waals surface area contributed by atoms with E-state index in [0.717, 1.165) is 29.4 Å². The molecule has 2 aromatic rings. The van der Waals surface area contributed by atoms with Crippen LogP contribution in [0.5, 0.6) is 0 Å². The normalized spacial score (nSPS) is 12.3.